The highest BCUT2D eigenvalue weighted by Gasteiger charge is 2.27. The first-order valence-corrected chi connectivity index (χ1v) is 8.96. The molecule has 2 aromatic carbocycles. The summed E-state index contributed by atoms with van der Waals surface area (Å²) in [4.78, 5) is 14.8. The zero-order valence-corrected chi connectivity index (χ0v) is 15.1. The van der Waals surface area contributed by atoms with Crippen LogP contribution in [0.3, 0.4) is 0 Å². The Balaban J connectivity index is 1.70. The van der Waals surface area contributed by atoms with E-state index >= 15 is 0 Å². The second kappa shape index (κ2) is 8.37. The summed E-state index contributed by atoms with van der Waals surface area (Å²) in [5, 5.41) is 3.86. The molecule has 1 unspecified atom stereocenters. The van der Waals surface area contributed by atoms with Crippen molar-refractivity contribution in [2.24, 2.45) is 5.92 Å². The summed E-state index contributed by atoms with van der Waals surface area (Å²) in [5.74, 6) is 1.16. The summed E-state index contributed by atoms with van der Waals surface area (Å²) in [6.07, 6.45) is 1.04. The van der Waals surface area contributed by atoms with Crippen molar-refractivity contribution in [3.63, 3.8) is 0 Å². The summed E-state index contributed by atoms with van der Waals surface area (Å²) in [6.45, 7) is 2.86. The van der Waals surface area contributed by atoms with Gasteiger partial charge in [-0.3, -0.25) is 4.79 Å². The van der Waals surface area contributed by atoms with Gasteiger partial charge < -0.3 is 15.0 Å². The second-order valence-corrected chi connectivity index (χ2v) is 6.75. The Labute approximate surface area is 153 Å². The van der Waals surface area contributed by atoms with Crippen LogP contribution in [-0.4, -0.2) is 37.5 Å². The maximum atomic E-state index is 12.9. The van der Waals surface area contributed by atoms with Gasteiger partial charge in [0.15, 0.2) is 0 Å². The third-order valence-corrected chi connectivity index (χ3v) is 4.89. The van der Waals surface area contributed by atoms with Crippen molar-refractivity contribution in [1.29, 1.82) is 0 Å². The fourth-order valence-corrected chi connectivity index (χ4v) is 3.37. The summed E-state index contributed by atoms with van der Waals surface area (Å²) < 4.78 is 5.91. The minimum absolute atomic E-state index is 0.0355. The Morgan fingerprint density at radius 3 is 2.80 bits per heavy atom. The molecule has 1 heterocycles. The number of ether oxygens (including phenoxy) is 1. The molecule has 0 aromatic heterocycles. The number of amides is 1. The van der Waals surface area contributed by atoms with Crippen molar-refractivity contribution >= 4 is 17.5 Å². The van der Waals surface area contributed by atoms with Crippen molar-refractivity contribution < 1.29 is 9.53 Å². The van der Waals surface area contributed by atoms with Gasteiger partial charge in [0.2, 0.25) is 0 Å². The van der Waals surface area contributed by atoms with Crippen LogP contribution >= 0.6 is 11.6 Å². The molecule has 4 nitrogen and oxygen atoms in total. The van der Waals surface area contributed by atoms with Crippen LogP contribution in [-0.2, 0) is 6.61 Å². The first kappa shape index (κ1) is 17.8. The predicted octanol–water partition coefficient (Wildman–Crippen LogP) is 3.60. The van der Waals surface area contributed by atoms with Gasteiger partial charge in [-0.1, -0.05) is 41.9 Å². The first-order chi connectivity index (χ1) is 12.2. The maximum absolute atomic E-state index is 12.9. The molecular weight excluding hydrogens is 336 g/mol. The molecule has 5 heteroatoms. The number of halogens is 1. The Hall–Kier alpha value is -2.04. The zero-order chi connectivity index (χ0) is 17.6. The summed E-state index contributed by atoms with van der Waals surface area (Å²) in [6, 6.07) is 15.0. The molecule has 25 heavy (non-hydrogen) atoms. The molecular formula is C20H23ClN2O2. The highest BCUT2D eigenvalue weighted by Crippen LogP contribution is 2.25. The van der Waals surface area contributed by atoms with Gasteiger partial charge in [-0.2, -0.15) is 0 Å². The van der Waals surface area contributed by atoms with E-state index in [0.29, 0.717) is 28.9 Å². The van der Waals surface area contributed by atoms with Gasteiger partial charge in [-0.25, -0.2) is 0 Å². The standard InChI is InChI=1S/C20H23ClN2O2/c1-22-12-15-10-11-23(13-15)20(24)17-7-3-5-9-19(17)25-14-16-6-2-4-8-18(16)21/h2-9,15,22H,10-14H2,1H3. The Kier molecular flexibility index (Phi) is 5.95. The van der Waals surface area contributed by atoms with E-state index in [1.54, 1.807) is 0 Å². The molecule has 0 spiro atoms. The lowest BCUT2D eigenvalue weighted by molar-refractivity contribution is 0.0782. The molecule has 132 valence electrons. The van der Waals surface area contributed by atoms with E-state index in [9.17, 15) is 4.79 Å². The van der Waals surface area contributed by atoms with Crippen molar-refractivity contribution in [1.82, 2.24) is 10.2 Å². The topological polar surface area (TPSA) is 41.6 Å². The Morgan fingerprint density at radius 1 is 1.24 bits per heavy atom. The number of hydrogen-bond donors (Lipinski definition) is 1. The van der Waals surface area contributed by atoms with Crippen LogP contribution < -0.4 is 10.1 Å². The molecule has 0 bridgehead atoms. The largest absolute Gasteiger partial charge is 0.488 e. The van der Waals surface area contributed by atoms with Gasteiger partial charge in [0, 0.05) is 23.7 Å². The monoisotopic (exact) mass is 358 g/mol. The van der Waals surface area contributed by atoms with Crippen molar-refractivity contribution in [2.45, 2.75) is 13.0 Å². The third-order valence-electron chi connectivity index (χ3n) is 4.52. The van der Waals surface area contributed by atoms with Gasteiger partial charge in [0.05, 0.1) is 5.56 Å². The van der Waals surface area contributed by atoms with Gasteiger partial charge in [0.25, 0.3) is 5.91 Å². The lowest BCUT2D eigenvalue weighted by Crippen LogP contribution is -2.30. The number of nitrogens with one attached hydrogen (secondary N) is 1. The van der Waals surface area contributed by atoms with E-state index in [1.807, 2.05) is 60.5 Å². The lowest BCUT2D eigenvalue weighted by Gasteiger charge is -2.19. The molecule has 1 fully saturated rings. The van der Waals surface area contributed by atoms with Crippen LogP contribution in [0, 0.1) is 5.92 Å². The fourth-order valence-electron chi connectivity index (χ4n) is 3.18. The summed E-state index contributed by atoms with van der Waals surface area (Å²) in [5.41, 5.74) is 1.52. The smallest absolute Gasteiger partial charge is 0.257 e. The molecule has 1 atom stereocenters. The number of rotatable bonds is 6. The first-order valence-electron chi connectivity index (χ1n) is 8.58. The van der Waals surface area contributed by atoms with E-state index < -0.39 is 0 Å². The van der Waals surface area contributed by atoms with Crippen LogP contribution in [0.1, 0.15) is 22.3 Å². The summed E-state index contributed by atoms with van der Waals surface area (Å²) >= 11 is 6.18. The van der Waals surface area contributed by atoms with E-state index in [0.717, 1.165) is 31.6 Å². The number of hydrogen-bond acceptors (Lipinski definition) is 3. The lowest BCUT2D eigenvalue weighted by atomic mass is 10.1. The number of benzene rings is 2. The molecule has 1 aliphatic rings. The Bertz CT molecular complexity index is 735. The van der Waals surface area contributed by atoms with Crippen LogP contribution in [0.2, 0.25) is 5.02 Å². The van der Waals surface area contributed by atoms with E-state index in [1.165, 1.54) is 0 Å². The predicted molar refractivity (Wildman–Crippen MR) is 100 cm³/mol. The molecule has 1 saturated heterocycles. The van der Waals surface area contributed by atoms with Gasteiger partial charge in [-0.05, 0) is 44.1 Å². The van der Waals surface area contributed by atoms with Crippen LogP contribution in [0.4, 0.5) is 0 Å². The average Bonchev–Trinajstić information content (AvgIpc) is 3.10. The van der Waals surface area contributed by atoms with Crippen LogP contribution in [0.5, 0.6) is 5.75 Å². The normalized spacial score (nSPS) is 16.9. The maximum Gasteiger partial charge on any atom is 0.257 e. The van der Waals surface area contributed by atoms with Crippen molar-refractivity contribution in [3.05, 3.63) is 64.7 Å². The van der Waals surface area contributed by atoms with Gasteiger partial charge in [-0.15, -0.1) is 0 Å². The number of para-hydroxylation sites is 1. The average molecular weight is 359 g/mol. The molecule has 1 aliphatic heterocycles. The fraction of sp³-hybridized carbons (Fsp3) is 0.350. The van der Waals surface area contributed by atoms with E-state index in [-0.39, 0.29) is 5.91 Å². The number of carbonyl (C=O) groups is 1. The molecule has 3 rings (SSSR count). The Morgan fingerprint density at radius 2 is 2.00 bits per heavy atom. The second-order valence-electron chi connectivity index (χ2n) is 6.34. The molecule has 2 aromatic rings. The van der Waals surface area contributed by atoms with Crippen molar-refractivity contribution in [3.8, 4) is 5.75 Å². The number of carbonyl (C=O) groups excluding carboxylic acids is 1. The number of nitrogens with zero attached hydrogens (tertiary/aromatic N) is 1. The molecule has 0 aliphatic carbocycles. The molecule has 1 amide bonds. The SMILES string of the molecule is CNCC1CCN(C(=O)c2ccccc2OCc2ccccc2Cl)C1. The minimum Gasteiger partial charge on any atom is -0.488 e. The van der Waals surface area contributed by atoms with Crippen LogP contribution in [0.15, 0.2) is 48.5 Å². The van der Waals surface area contributed by atoms with Gasteiger partial charge >= 0.3 is 0 Å². The highest BCUT2D eigenvalue weighted by molar-refractivity contribution is 6.31. The van der Waals surface area contributed by atoms with E-state index in [2.05, 4.69) is 5.32 Å². The third kappa shape index (κ3) is 4.33. The molecule has 0 radical (unpaired) electrons. The van der Waals surface area contributed by atoms with Crippen molar-refractivity contribution in [2.75, 3.05) is 26.7 Å². The van der Waals surface area contributed by atoms with Gasteiger partial charge in [0.1, 0.15) is 12.4 Å². The summed E-state index contributed by atoms with van der Waals surface area (Å²) in [7, 11) is 1.95. The minimum atomic E-state index is 0.0355. The zero-order valence-electron chi connectivity index (χ0n) is 14.4. The van der Waals surface area contributed by atoms with E-state index in [4.69, 9.17) is 16.3 Å². The number of likely N-dealkylation sites (tertiary alicyclic amines) is 1. The molecule has 1 N–H and O–H groups in total. The van der Waals surface area contributed by atoms with Crippen LogP contribution in [0.25, 0.3) is 0 Å². The highest BCUT2D eigenvalue weighted by atomic mass is 35.5. The molecule has 0 saturated carbocycles. The quantitative estimate of drug-likeness (QED) is 0.857.